The molecule has 21 heavy (non-hydrogen) atoms. The minimum atomic E-state index is -0.885. The third-order valence-electron chi connectivity index (χ3n) is 2.92. The van der Waals surface area contributed by atoms with E-state index >= 15 is 0 Å². The number of hydrogen-bond acceptors (Lipinski definition) is 5. The first kappa shape index (κ1) is 16.2. The molecule has 0 radical (unpaired) electrons. The molecule has 0 spiro atoms. The molecule has 1 fully saturated rings. The molecule has 2 rings (SSSR count). The van der Waals surface area contributed by atoms with Crippen LogP contribution < -0.4 is 10.1 Å². The minimum absolute atomic E-state index is 0.00918. The zero-order valence-electron chi connectivity index (χ0n) is 11.0. The van der Waals surface area contributed by atoms with Gasteiger partial charge in [-0.15, -0.1) is 11.8 Å². The first-order chi connectivity index (χ1) is 9.88. The zero-order chi connectivity index (χ0) is 15.6. The molecule has 0 saturated heterocycles. The van der Waals surface area contributed by atoms with Crippen LogP contribution in [0, 0.1) is 0 Å². The quantitative estimate of drug-likeness (QED) is 0.819. The summed E-state index contributed by atoms with van der Waals surface area (Å²) in [6.07, 6.45) is 1.15. The summed E-state index contributed by atoms with van der Waals surface area (Å²) < 4.78 is 4.13. The van der Waals surface area contributed by atoms with Gasteiger partial charge in [0.15, 0.2) is 5.82 Å². The molecule has 1 aromatic rings. The fraction of sp³-hybridized carbons (Fsp3) is 0.417. The summed E-state index contributed by atoms with van der Waals surface area (Å²) in [5.41, 5.74) is 0. The molecule has 114 valence electrons. The molecule has 2 N–H and O–H groups in total. The van der Waals surface area contributed by atoms with Crippen LogP contribution in [0.2, 0.25) is 10.0 Å². The number of anilines is 1. The summed E-state index contributed by atoms with van der Waals surface area (Å²) in [7, 11) is 1.40. The molecule has 0 aromatic carbocycles. The van der Waals surface area contributed by atoms with E-state index < -0.39 is 10.7 Å². The van der Waals surface area contributed by atoms with Crippen LogP contribution >= 0.6 is 35.0 Å². The average molecular weight is 351 g/mol. The Balaban J connectivity index is 1.98. The number of carboxylic acid groups (broad SMARTS) is 1. The van der Waals surface area contributed by atoms with Crippen molar-refractivity contribution in [2.75, 3.05) is 18.2 Å². The Morgan fingerprint density at radius 1 is 1.48 bits per heavy atom. The van der Waals surface area contributed by atoms with Crippen molar-refractivity contribution >= 4 is 52.7 Å². The third-order valence-corrected chi connectivity index (χ3v) is 5.02. The second-order valence-electron chi connectivity index (χ2n) is 4.45. The van der Waals surface area contributed by atoms with Gasteiger partial charge in [-0.05, 0) is 18.9 Å². The van der Waals surface area contributed by atoms with Crippen molar-refractivity contribution in [2.24, 2.45) is 0 Å². The number of pyridine rings is 1. The second kappa shape index (κ2) is 6.29. The van der Waals surface area contributed by atoms with Crippen molar-refractivity contribution < 1.29 is 19.4 Å². The molecule has 9 heteroatoms. The Hall–Kier alpha value is -1.18. The number of rotatable bonds is 6. The van der Waals surface area contributed by atoms with E-state index in [-0.39, 0.29) is 33.4 Å². The van der Waals surface area contributed by atoms with E-state index in [1.807, 2.05) is 0 Å². The fourth-order valence-corrected chi connectivity index (χ4v) is 3.06. The lowest BCUT2D eigenvalue weighted by atomic mass is 10.4. The molecule has 1 aromatic heterocycles. The lowest BCUT2D eigenvalue weighted by Crippen LogP contribution is -2.23. The number of aromatic nitrogens is 1. The highest BCUT2D eigenvalue weighted by Gasteiger charge is 2.51. The Morgan fingerprint density at radius 3 is 2.67 bits per heavy atom. The molecule has 0 unspecified atom stereocenters. The van der Waals surface area contributed by atoms with Crippen molar-refractivity contribution in [3.63, 3.8) is 0 Å². The van der Waals surface area contributed by atoms with Crippen LogP contribution in [0.5, 0.6) is 5.88 Å². The Labute approximate surface area is 135 Å². The average Bonchev–Trinajstić information content (AvgIpc) is 3.21. The molecule has 6 nitrogen and oxygen atoms in total. The largest absolute Gasteiger partial charge is 0.480 e. The molecule has 0 atom stereocenters. The standard InChI is InChI=1S/C12H12Cl2N2O4S/c1-20-10-7(14)4-6(13)9(16-10)15-8(17)5-21-12(2-3-12)11(18)19/h4H,2-3,5H2,1H3,(H,18,19)(H,15,16,17). The van der Waals surface area contributed by atoms with E-state index in [4.69, 9.17) is 33.0 Å². The fourth-order valence-electron chi connectivity index (χ4n) is 1.59. The van der Waals surface area contributed by atoms with Crippen molar-refractivity contribution in [1.29, 1.82) is 0 Å². The lowest BCUT2D eigenvalue weighted by molar-refractivity contribution is -0.137. The van der Waals surface area contributed by atoms with E-state index in [0.29, 0.717) is 12.8 Å². The van der Waals surface area contributed by atoms with Gasteiger partial charge in [-0.2, -0.15) is 4.98 Å². The number of methoxy groups -OCH3 is 1. The normalized spacial score (nSPS) is 15.4. The van der Waals surface area contributed by atoms with Gasteiger partial charge >= 0.3 is 5.97 Å². The summed E-state index contributed by atoms with van der Waals surface area (Å²) >= 11 is 12.9. The first-order valence-electron chi connectivity index (χ1n) is 5.95. The molecular weight excluding hydrogens is 339 g/mol. The number of nitrogens with one attached hydrogen (secondary N) is 1. The maximum absolute atomic E-state index is 11.8. The summed E-state index contributed by atoms with van der Waals surface area (Å²) in [6, 6.07) is 1.41. The van der Waals surface area contributed by atoms with Gasteiger partial charge in [-0.1, -0.05) is 23.2 Å². The molecular formula is C12H12Cl2N2O4S. The van der Waals surface area contributed by atoms with E-state index in [1.165, 1.54) is 13.2 Å². The van der Waals surface area contributed by atoms with Crippen LogP contribution in [-0.2, 0) is 9.59 Å². The van der Waals surface area contributed by atoms with Crippen molar-refractivity contribution in [2.45, 2.75) is 17.6 Å². The van der Waals surface area contributed by atoms with Gasteiger partial charge in [-0.3, -0.25) is 9.59 Å². The Morgan fingerprint density at radius 2 is 2.14 bits per heavy atom. The van der Waals surface area contributed by atoms with E-state index in [9.17, 15) is 9.59 Å². The lowest BCUT2D eigenvalue weighted by Gasteiger charge is -2.11. The smallest absolute Gasteiger partial charge is 0.319 e. The van der Waals surface area contributed by atoms with E-state index in [0.717, 1.165) is 11.8 Å². The molecule has 1 heterocycles. The monoisotopic (exact) mass is 350 g/mol. The molecule has 1 saturated carbocycles. The van der Waals surface area contributed by atoms with Gasteiger partial charge in [0, 0.05) is 0 Å². The molecule has 1 aliphatic rings. The number of nitrogens with zero attached hydrogens (tertiary/aromatic N) is 1. The van der Waals surface area contributed by atoms with Gasteiger partial charge in [-0.25, -0.2) is 0 Å². The number of carboxylic acids is 1. The van der Waals surface area contributed by atoms with Crippen LogP contribution in [-0.4, -0.2) is 39.6 Å². The van der Waals surface area contributed by atoms with Gasteiger partial charge in [0.25, 0.3) is 0 Å². The predicted octanol–water partition coefficient (Wildman–Crippen LogP) is 2.69. The summed E-state index contributed by atoms with van der Waals surface area (Å²) in [4.78, 5) is 26.8. The van der Waals surface area contributed by atoms with Crippen LogP contribution in [0.25, 0.3) is 0 Å². The van der Waals surface area contributed by atoms with Crippen molar-refractivity contribution in [3.05, 3.63) is 16.1 Å². The van der Waals surface area contributed by atoms with Crippen LogP contribution in [0.3, 0.4) is 0 Å². The highest BCUT2D eigenvalue weighted by Crippen LogP contribution is 2.48. The highest BCUT2D eigenvalue weighted by molar-refractivity contribution is 8.02. The molecule has 1 amide bonds. The SMILES string of the molecule is COc1nc(NC(=O)CSC2(C(=O)O)CC2)c(Cl)cc1Cl. The van der Waals surface area contributed by atoms with Gasteiger partial charge in [0.1, 0.15) is 9.77 Å². The zero-order valence-corrected chi connectivity index (χ0v) is 13.3. The number of amides is 1. The molecule has 1 aliphatic carbocycles. The van der Waals surface area contributed by atoms with Gasteiger partial charge in [0.2, 0.25) is 11.8 Å². The number of halogens is 2. The maximum atomic E-state index is 11.8. The molecule has 0 aliphatic heterocycles. The van der Waals surface area contributed by atoms with Crippen LogP contribution in [0.4, 0.5) is 5.82 Å². The predicted molar refractivity (Wildman–Crippen MR) is 81.5 cm³/mol. The highest BCUT2D eigenvalue weighted by atomic mass is 35.5. The number of hydrogen-bond donors (Lipinski definition) is 2. The minimum Gasteiger partial charge on any atom is -0.480 e. The molecule has 0 bridgehead atoms. The number of ether oxygens (including phenoxy) is 1. The maximum Gasteiger partial charge on any atom is 0.319 e. The first-order valence-corrected chi connectivity index (χ1v) is 7.69. The van der Waals surface area contributed by atoms with Gasteiger partial charge < -0.3 is 15.2 Å². The van der Waals surface area contributed by atoms with E-state index in [2.05, 4.69) is 10.3 Å². The van der Waals surface area contributed by atoms with Crippen molar-refractivity contribution in [3.8, 4) is 5.88 Å². The topological polar surface area (TPSA) is 88.5 Å². The summed E-state index contributed by atoms with van der Waals surface area (Å²) in [6.45, 7) is 0. The third kappa shape index (κ3) is 3.72. The Bertz CT molecular complexity index is 593. The number of thioether (sulfide) groups is 1. The summed E-state index contributed by atoms with van der Waals surface area (Å²) in [5.74, 6) is -0.984. The van der Waals surface area contributed by atoms with E-state index in [1.54, 1.807) is 0 Å². The number of carbonyl (C=O) groups excluding carboxylic acids is 1. The summed E-state index contributed by atoms with van der Waals surface area (Å²) in [5, 5.41) is 12.0. The Kier molecular flexibility index (Phi) is 4.85. The van der Waals surface area contributed by atoms with Gasteiger partial charge in [0.05, 0.1) is 17.9 Å². The van der Waals surface area contributed by atoms with Crippen molar-refractivity contribution in [1.82, 2.24) is 4.98 Å². The second-order valence-corrected chi connectivity index (χ2v) is 6.62. The number of aliphatic carboxylic acids is 1. The number of carbonyl (C=O) groups is 2. The van der Waals surface area contributed by atoms with Crippen LogP contribution in [0.1, 0.15) is 12.8 Å². The van der Waals surface area contributed by atoms with Crippen LogP contribution in [0.15, 0.2) is 6.07 Å².